The van der Waals surface area contributed by atoms with Crippen LogP contribution >= 0.6 is 11.3 Å². The SMILES string of the molecule is CCc1cc(C#N)c(NC(=O)c2ccc(S(=O)(=O)N3CCCCC3)o2)s1. The Kier molecular flexibility index (Phi) is 5.46. The summed E-state index contributed by atoms with van der Waals surface area (Å²) in [7, 11) is -3.72. The summed E-state index contributed by atoms with van der Waals surface area (Å²) in [5.41, 5.74) is 0.382. The summed E-state index contributed by atoms with van der Waals surface area (Å²) in [6, 6.07) is 6.41. The van der Waals surface area contributed by atoms with Gasteiger partial charge in [-0.25, -0.2) is 8.42 Å². The second-order valence-electron chi connectivity index (χ2n) is 5.96. The maximum atomic E-state index is 12.6. The minimum atomic E-state index is -3.72. The van der Waals surface area contributed by atoms with E-state index in [0.29, 0.717) is 23.7 Å². The summed E-state index contributed by atoms with van der Waals surface area (Å²) in [5.74, 6) is -0.679. The number of piperidine rings is 1. The molecule has 0 saturated carbocycles. The zero-order valence-corrected chi connectivity index (χ0v) is 16.0. The summed E-state index contributed by atoms with van der Waals surface area (Å²) in [5, 5.41) is 12.0. The van der Waals surface area contributed by atoms with Gasteiger partial charge in [-0.1, -0.05) is 13.3 Å². The van der Waals surface area contributed by atoms with Crippen molar-refractivity contribution in [1.82, 2.24) is 4.31 Å². The van der Waals surface area contributed by atoms with E-state index in [4.69, 9.17) is 9.68 Å². The number of nitrogens with zero attached hydrogens (tertiary/aromatic N) is 2. The fraction of sp³-hybridized carbons (Fsp3) is 0.412. The van der Waals surface area contributed by atoms with Gasteiger partial charge in [0.05, 0.1) is 5.56 Å². The molecule has 0 aromatic carbocycles. The highest BCUT2D eigenvalue weighted by molar-refractivity contribution is 7.89. The average molecular weight is 393 g/mol. The van der Waals surface area contributed by atoms with Crippen LogP contribution in [0.25, 0.3) is 0 Å². The Labute approximate surface area is 156 Å². The van der Waals surface area contributed by atoms with Crippen molar-refractivity contribution < 1.29 is 17.6 Å². The van der Waals surface area contributed by atoms with Crippen molar-refractivity contribution in [2.45, 2.75) is 37.7 Å². The van der Waals surface area contributed by atoms with Crippen LogP contribution in [0.15, 0.2) is 27.7 Å². The summed E-state index contributed by atoms with van der Waals surface area (Å²) >= 11 is 1.32. The predicted octanol–water partition coefficient (Wildman–Crippen LogP) is 3.20. The lowest BCUT2D eigenvalue weighted by Gasteiger charge is -2.24. The zero-order valence-electron chi connectivity index (χ0n) is 14.3. The first kappa shape index (κ1) is 18.6. The molecule has 1 aliphatic rings. The number of hydrogen-bond donors (Lipinski definition) is 1. The number of nitrogens with one attached hydrogen (secondary N) is 1. The van der Waals surface area contributed by atoms with E-state index >= 15 is 0 Å². The molecule has 7 nitrogen and oxygen atoms in total. The minimum absolute atomic E-state index is 0.101. The van der Waals surface area contributed by atoms with Crippen LogP contribution in [-0.4, -0.2) is 31.7 Å². The van der Waals surface area contributed by atoms with Crippen molar-refractivity contribution in [1.29, 1.82) is 5.26 Å². The van der Waals surface area contributed by atoms with Crippen molar-refractivity contribution in [2.75, 3.05) is 18.4 Å². The summed E-state index contributed by atoms with van der Waals surface area (Å²) < 4.78 is 31.9. The lowest BCUT2D eigenvalue weighted by Crippen LogP contribution is -2.35. The van der Waals surface area contributed by atoms with E-state index in [-0.39, 0.29) is 10.9 Å². The highest BCUT2D eigenvalue weighted by Crippen LogP contribution is 2.29. The molecule has 3 rings (SSSR count). The first-order valence-corrected chi connectivity index (χ1v) is 10.7. The molecule has 0 unspecified atom stereocenters. The molecule has 1 amide bonds. The van der Waals surface area contributed by atoms with Gasteiger partial charge in [0, 0.05) is 18.0 Å². The van der Waals surface area contributed by atoms with E-state index in [1.54, 1.807) is 6.07 Å². The first-order chi connectivity index (χ1) is 12.5. The van der Waals surface area contributed by atoms with Gasteiger partial charge >= 0.3 is 0 Å². The van der Waals surface area contributed by atoms with E-state index in [1.807, 2.05) is 13.0 Å². The van der Waals surface area contributed by atoms with Crippen LogP contribution in [0.5, 0.6) is 0 Å². The third kappa shape index (κ3) is 3.67. The molecule has 2 aromatic rings. The standard InChI is InChI=1S/C17H19N3O4S2/c1-2-13-10-12(11-18)17(25-13)19-16(21)14-6-7-15(24-14)26(22,23)20-8-4-3-5-9-20/h6-7,10H,2-5,8-9H2,1H3,(H,19,21). The lowest BCUT2D eigenvalue weighted by atomic mass is 10.2. The van der Waals surface area contributed by atoms with Gasteiger partial charge in [-0.2, -0.15) is 9.57 Å². The van der Waals surface area contributed by atoms with Gasteiger partial charge < -0.3 is 9.73 Å². The number of nitriles is 1. The number of furan rings is 1. The zero-order chi connectivity index (χ0) is 18.7. The number of carbonyl (C=O) groups is 1. The fourth-order valence-corrected chi connectivity index (χ4v) is 5.14. The number of rotatable bonds is 5. The second-order valence-corrected chi connectivity index (χ2v) is 8.96. The van der Waals surface area contributed by atoms with Gasteiger partial charge in [-0.3, -0.25) is 4.79 Å². The number of amides is 1. The maximum absolute atomic E-state index is 12.6. The molecule has 1 N–H and O–H groups in total. The summed E-state index contributed by atoms with van der Waals surface area (Å²) in [6.45, 7) is 2.89. The molecule has 3 heterocycles. The van der Waals surface area contributed by atoms with Crippen molar-refractivity contribution in [3.63, 3.8) is 0 Å². The molecule has 0 bridgehead atoms. The molecule has 0 spiro atoms. The van der Waals surface area contributed by atoms with Gasteiger partial charge in [0.1, 0.15) is 11.1 Å². The smallest absolute Gasteiger partial charge is 0.292 e. The number of hydrogen-bond acceptors (Lipinski definition) is 6. The predicted molar refractivity (Wildman–Crippen MR) is 97.7 cm³/mol. The Balaban J connectivity index is 1.78. The molecule has 1 saturated heterocycles. The Morgan fingerprint density at radius 2 is 2.08 bits per heavy atom. The first-order valence-electron chi connectivity index (χ1n) is 8.40. The molecule has 0 radical (unpaired) electrons. The highest BCUT2D eigenvalue weighted by atomic mass is 32.2. The molecule has 26 heavy (non-hydrogen) atoms. The molecule has 0 aliphatic carbocycles. The van der Waals surface area contributed by atoms with Crippen LogP contribution in [0.3, 0.4) is 0 Å². The molecule has 1 fully saturated rings. The van der Waals surface area contributed by atoms with Gasteiger partial charge in [-0.15, -0.1) is 11.3 Å². The molecule has 0 atom stereocenters. The third-order valence-electron chi connectivity index (χ3n) is 4.19. The van der Waals surface area contributed by atoms with E-state index in [2.05, 4.69) is 5.32 Å². The largest absolute Gasteiger partial charge is 0.438 e. The topological polar surface area (TPSA) is 103 Å². The quantitative estimate of drug-likeness (QED) is 0.840. The summed E-state index contributed by atoms with van der Waals surface area (Å²) in [6.07, 6.45) is 3.42. The maximum Gasteiger partial charge on any atom is 0.292 e. The monoisotopic (exact) mass is 393 g/mol. The molecule has 138 valence electrons. The lowest BCUT2D eigenvalue weighted by molar-refractivity contribution is 0.0991. The number of anilines is 1. The summed E-state index contributed by atoms with van der Waals surface area (Å²) in [4.78, 5) is 13.4. The molecule has 9 heteroatoms. The molecular formula is C17H19N3O4S2. The minimum Gasteiger partial charge on any atom is -0.438 e. The number of thiophene rings is 1. The Morgan fingerprint density at radius 1 is 1.35 bits per heavy atom. The van der Waals surface area contributed by atoms with E-state index < -0.39 is 15.9 Å². The highest BCUT2D eigenvalue weighted by Gasteiger charge is 2.29. The normalized spacial score (nSPS) is 15.5. The molecular weight excluding hydrogens is 374 g/mol. The van der Waals surface area contributed by atoms with Crippen molar-refractivity contribution in [2.24, 2.45) is 0 Å². The molecule has 1 aliphatic heterocycles. The van der Waals surface area contributed by atoms with Crippen LogP contribution < -0.4 is 5.32 Å². The van der Waals surface area contributed by atoms with Gasteiger partial charge in [0.15, 0.2) is 5.76 Å². The fourth-order valence-electron chi connectivity index (χ4n) is 2.77. The van der Waals surface area contributed by atoms with Crippen LogP contribution in [0.4, 0.5) is 5.00 Å². The van der Waals surface area contributed by atoms with E-state index in [9.17, 15) is 13.2 Å². The number of aryl methyl sites for hydroxylation is 1. The van der Waals surface area contributed by atoms with Crippen molar-refractivity contribution >= 4 is 32.3 Å². The van der Waals surface area contributed by atoms with Gasteiger partial charge in [0.2, 0.25) is 5.09 Å². The Bertz CT molecular complexity index is 947. The van der Waals surface area contributed by atoms with Crippen molar-refractivity contribution in [3.05, 3.63) is 34.4 Å². The molecule has 2 aromatic heterocycles. The van der Waals surface area contributed by atoms with Crippen LogP contribution in [0.1, 0.15) is 47.2 Å². The van der Waals surface area contributed by atoms with E-state index in [0.717, 1.165) is 30.6 Å². The number of carbonyl (C=O) groups excluding carboxylic acids is 1. The van der Waals surface area contributed by atoms with Crippen LogP contribution in [0.2, 0.25) is 0 Å². The van der Waals surface area contributed by atoms with Crippen LogP contribution in [0, 0.1) is 11.3 Å². The van der Waals surface area contributed by atoms with Crippen LogP contribution in [-0.2, 0) is 16.4 Å². The Hall–Kier alpha value is -2.15. The van der Waals surface area contributed by atoms with Crippen molar-refractivity contribution in [3.8, 4) is 6.07 Å². The average Bonchev–Trinajstić information content (AvgIpc) is 3.29. The van der Waals surface area contributed by atoms with Gasteiger partial charge in [0.25, 0.3) is 15.9 Å². The van der Waals surface area contributed by atoms with E-state index in [1.165, 1.54) is 27.8 Å². The number of sulfonamides is 1. The Morgan fingerprint density at radius 3 is 2.73 bits per heavy atom. The third-order valence-corrected chi connectivity index (χ3v) is 7.16. The van der Waals surface area contributed by atoms with Gasteiger partial charge in [-0.05, 0) is 37.5 Å². The second kappa shape index (κ2) is 7.61.